The number of nitrogens with zero attached hydrogens (tertiary/aromatic N) is 4. The van der Waals surface area contributed by atoms with E-state index in [1.807, 2.05) is 15.9 Å². The number of piperidine rings is 1. The molecule has 2 amide bonds. The molecule has 1 saturated carbocycles. The molecule has 3 aliphatic rings. The molecule has 0 unspecified atom stereocenters. The molecule has 36 heavy (non-hydrogen) atoms. The molecule has 0 spiro atoms. The van der Waals surface area contributed by atoms with Crippen LogP contribution in [0.25, 0.3) is 11.0 Å². The van der Waals surface area contributed by atoms with Crippen LogP contribution in [0.5, 0.6) is 0 Å². The van der Waals surface area contributed by atoms with E-state index in [9.17, 15) is 9.59 Å². The van der Waals surface area contributed by atoms with E-state index < -0.39 is 0 Å². The third-order valence-corrected chi connectivity index (χ3v) is 8.46. The molecule has 196 valence electrons. The van der Waals surface area contributed by atoms with Crippen molar-refractivity contribution in [3.8, 4) is 0 Å². The molecule has 1 aliphatic carbocycles. The zero-order valence-electron chi connectivity index (χ0n) is 21.6. The highest BCUT2D eigenvalue weighted by molar-refractivity contribution is 5.84. The zero-order chi connectivity index (χ0) is 25.1. The number of methoxy groups -OCH3 is 1. The van der Waals surface area contributed by atoms with Crippen LogP contribution in [0.4, 0.5) is 0 Å². The molecule has 8 nitrogen and oxygen atoms in total. The summed E-state index contributed by atoms with van der Waals surface area (Å²) < 4.78 is 7.61. The first-order valence-corrected chi connectivity index (χ1v) is 13.8. The summed E-state index contributed by atoms with van der Waals surface area (Å²) in [6, 6.07) is 7.98. The van der Waals surface area contributed by atoms with Gasteiger partial charge in [-0.2, -0.15) is 0 Å². The number of carbonyl (C=O) groups is 2. The van der Waals surface area contributed by atoms with E-state index in [0.717, 1.165) is 74.9 Å². The van der Waals surface area contributed by atoms with Gasteiger partial charge in [-0.05, 0) is 44.2 Å². The average Bonchev–Trinajstić information content (AvgIpc) is 3.49. The van der Waals surface area contributed by atoms with Gasteiger partial charge >= 0.3 is 0 Å². The zero-order valence-corrected chi connectivity index (χ0v) is 21.6. The molecule has 3 fully saturated rings. The largest absolute Gasteiger partial charge is 0.385 e. The number of para-hydroxylation sites is 2. The van der Waals surface area contributed by atoms with E-state index in [-0.39, 0.29) is 35.6 Å². The summed E-state index contributed by atoms with van der Waals surface area (Å²) in [4.78, 5) is 35.6. The molecule has 2 aliphatic heterocycles. The highest BCUT2D eigenvalue weighted by atomic mass is 16.5. The molecule has 3 atom stereocenters. The Kier molecular flexibility index (Phi) is 7.91. The smallest absolute Gasteiger partial charge is 0.229 e. The van der Waals surface area contributed by atoms with Crippen LogP contribution in [0.3, 0.4) is 0 Å². The van der Waals surface area contributed by atoms with Crippen LogP contribution >= 0.6 is 0 Å². The Balaban J connectivity index is 1.28. The lowest BCUT2D eigenvalue weighted by Gasteiger charge is -2.35. The number of ether oxygens (including phenoxy) is 1. The average molecular weight is 496 g/mol. The van der Waals surface area contributed by atoms with Crippen molar-refractivity contribution in [1.29, 1.82) is 0 Å². The second-order valence-electron chi connectivity index (χ2n) is 10.9. The second-order valence-corrected chi connectivity index (χ2v) is 10.9. The number of aryl methyl sites for hydroxylation is 1. The minimum atomic E-state index is -0.309. The molecule has 2 saturated heterocycles. The molecule has 3 heterocycles. The van der Waals surface area contributed by atoms with Crippen LogP contribution < -0.4 is 5.73 Å². The van der Waals surface area contributed by atoms with Crippen LogP contribution in [0.2, 0.25) is 0 Å². The van der Waals surface area contributed by atoms with Crippen molar-refractivity contribution in [2.75, 3.05) is 39.9 Å². The number of imidazole rings is 1. The lowest BCUT2D eigenvalue weighted by atomic mass is 9.88. The van der Waals surface area contributed by atoms with Crippen LogP contribution in [-0.2, 0) is 20.9 Å². The van der Waals surface area contributed by atoms with Crippen molar-refractivity contribution in [2.45, 2.75) is 69.9 Å². The maximum atomic E-state index is 13.7. The Labute approximate surface area is 214 Å². The maximum absolute atomic E-state index is 13.7. The SMILES string of the molecule is COCCCn1c([C@@H]2CCCN(C(=O)[C@@H]3CN(C(=O)C4CCCCC4)C[C@H]3N)C2)nc2ccccc21. The van der Waals surface area contributed by atoms with Crippen molar-refractivity contribution in [3.63, 3.8) is 0 Å². The summed E-state index contributed by atoms with van der Waals surface area (Å²) in [6.45, 7) is 3.92. The predicted octanol–water partition coefficient (Wildman–Crippen LogP) is 3.14. The van der Waals surface area contributed by atoms with Gasteiger partial charge in [0.25, 0.3) is 0 Å². The molecule has 2 aromatic rings. The minimum Gasteiger partial charge on any atom is -0.385 e. The lowest BCUT2D eigenvalue weighted by molar-refractivity contribution is -0.138. The number of benzene rings is 1. The Bertz CT molecular complexity index is 1060. The normalized spacial score (nSPS) is 25.6. The number of amides is 2. The Morgan fingerprint density at radius 3 is 2.61 bits per heavy atom. The van der Waals surface area contributed by atoms with Gasteiger partial charge in [0.2, 0.25) is 11.8 Å². The number of likely N-dealkylation sites (tertiary alicyclic amines) is 2. The first kappa shape index (κ1) is 25.2. The first-order valence-electron chi connectivity index (χ1n) is 13.8. The Hall–Kier alpha value is -2.45. The van der Waals surface area contributed by atoms with E-state index >= 15 is 0 Å². The number of carbonyl (C=O) groups excluding carboxylic acids is 2. The van der Waals surface area contributed by atoms with Gasteiger partial charge in [-0.1, -0.05) is 31.4 Å². The minimum absolute atomic E-state index is 0.105. The number of aromatic nitrogens is 2. The van der Waals surface area contributed by atoms with Gasteiger partial charge in [0.1, 0.15) is 5.82 Å². The van der Waals surface area contributed by atoms with E-state index in [0.29, 0.717) is 26.2 Å². The molecular formula is C28H41N5O3. The number of hydrogen-bond acceptors (Lipinski definition) is 5. The van der Waals surface area contributed by atoms with Gasteiger partial charge in [-0.3, -0.25) is 9.59 Å². The fraction of sp³-hybridized carbons (Fsp3) is 0.679. The fourth-order valence-corrected chi connectivity index (χ4v) is 6.51. The van der Waals surface area contributed by atoms with E-state index in [4.69, 9.17) is 15.5 Å². The fourth-order valence-electron chi connectivity index (χ4n) is 6.51. The monoisotopic (exact) mass is 495 g/mol. The van der Waals surface area contributed by atoms with Gasteiger partial charge in [0, 0.05) is 64.3 Å². The van der Waals surface area contributed by atoms with Gasteiger partial charge in [-0.25, -0.2) is 4.98 Å². The maximum Gasteiger partial charge on any atom is 0.229 e. The third kappa shape index (κ3) is 5.16. The van der Waals surface area contributed by atoms with Crippen molar-refractivity contribution in [1.82, 2.24) is 19.4 Å². The predicted molar refractivity (Wildman–Crippen MR) is 139 cm³/mol. The summed E-state index contributed by atoms with van der Waals surface area (Å²) in [5.74, 6) is 1.38. The summed E-state index contributed by atoms with van der Waals surface area (Å²) in [7, 11) is 1.73. The molecule has 0 radical (unpaired) electrons. The highest BCUT2D eigenvalue weighted by Gasteiger charge is 2.42. The quantitative estimate of drug-likeness (QED) is 0.596. The van der Waals surface area contributed by atoms with Crippen molar-refractivity contribution >= 4 is 22.8 Å². The van der Waals surface area contributed by atoms with E-state index in [2.05, 4.69) is 22.8 Å². The number of fused-ring (bicyclic) bond motifs is 1. The van der Waals surface area contributed by atoms with Crippen LogP contribution in [-0.4, -0.2) is 77.1 Å². The molecule has 2 N–H and O–H groups in total. The van der Waals surface area contributed by atoms with E-state index in [1.54, 1.807) is 7.11 Å². The van der Waals surface area contributed by atoms with Crippen LogP contribution in [0, 0.1) is 11.8 Å². The molecule has 0 bridgehead atoms. The molecule has 5 rings (SSSR count). The van der Waals surface area contributed by atoms with Crippen LogP contribution in [0.15, 0.2) is 24.3 Å². The van der Waals surface area contributed by atoms with Gasteiger partial charge < -0.3 is 24.8 Å². The topological polar surface area (TPSA) is 93.7 Å². The van der Waals surface area contributed by atoms with Gasteiger partial charge in [-0.15, -0.1) is 0 Å². The number of rotatable bonds is 7. The van der Waals surface area contributed by atoms with Gasteiger partial charge in [0.15, 0.2) is 0 Å². The summed E-state index contributed by atoms with van der Waals surface area (Å²) in [6.07, 6.45) is 8.31. The number of hydrogen-bond donors (Lipinski definition) is 1. The highest BCUT2D eigenvalue weighted by Crippen LogP contribution is 2.32. The first-order chi connectivity index (χ1) is 17.6. The molecule has 1 aromatic heterocycles. The molecule has 8 heteroatoms. The van der Waals surface area contributed by atoms with Crippen molar-refractivity contribution in [3.05, 3.63) is 30.1 Å². The molecule has 1 aromatic carbocycles. The molecular weight excluding hydrogens is 454 g/mol. The third-order valence-electron chi connectivity index (χ3n) is 8.46. The standard InChI is InChI=1S/C28H41N5O3/c1-36-16-8-15-33-25-13-6-5-12-24(25)30-26(33)21-11-7-14-31(17-21)28(35)22-18-32(19-23(22)29)27(34)20-9-3-2-4-10-20/h5-6,12-13,20-23H,2-4,7-11,14-19,29H2,1H3/t21-,22-,23-/m1/s1. The van der Waals surface area contributed by atoms with Crippen molar-refractivity contribution < 1.29 is 14.3 Å². The van der Waals surface area contributed by atoms with E-state index in [1.165, 1.54) is 6.42 Å². The van der Waals surface area contributed by atoms with Gasteiger partial charge in [0.05, 0.1) is 17.0 Å². The van der Waals surface area contributed by atoms with Crippen molar-refractivity contribution in [2.24, 2.45) is 17.6 Å². The Morgan fingerprint density at radius 1 is 1.00 bits per heavy atom. The summed E-state index contributed by atoms with van der Waals surface area (Å²) in [5, 5.41) is 0. The summed E-state index contributed by atoms with van der Waals surface area (Å²) in [5.41, 5.74) is 8.61. The number of nitrogens with two attached hydrogens (primary N) is 1. The summed E-state index contributed by atoms with van der Waals surface area (Å²) >= 11 is 0. The lowest BCUT2D eigenvalue weighted by Crippen LogP contribution is -2.47. The second kappa shape index (κ2) is 11.3. The van der Waals surface area contributed by atoms with Crippen LogP contribution in [0.1, 0.15) is 63.1 Å². The Morgan fingerprint density at radius 2 is 1.81 bits per heavy atom.